The van der Waals surface area contributed by atoms with Crippen molar-refractivity contribution in [1.82, 2.24) is 4.98 Å². The number of carbonyl (C=O) groups excluding carboxylic acids is 1. The number of anilines is 4. The van der Waals surface area contributed by atoms with E-state index in [4.69, 9.17) is 17.2 Å². The molecule has 118 valence electrons. The fourth-order valence-electron chi connectivity index (χ4n) is 2.46. The Bertz CT molecular complexity index is 932. The third kappa shape index (κ3) is 2.55. The van der Waals surface area contributed by atoms with Crippen LogP contribution in [0.25, 0.3) is 10.2 Å². The van der Waals surface area contributed by atoms with Gasteiger partial charge in [0.1, 0.15) is 9.71 Å². The van der Waals surface area contributed by atoms with Crippen molar-refractivity contribution in [2.45, 2.75) is 13.8 Å². The number of aromatic nitrogens is 1. The minimum absolute atomic E-state index is 0.285. The smallest absolute Gasteiger partial charge is 0.267 e. The van der Waals surface area contributed by atoms with E-state index >= 15 is 0 Å². The lowest BCUT2D eigenvalue weighted by molar-refractivity contribution is 0.103. The molecule has 0 unspecified atom stereocenters. The van der Waals surface area contributed by atoms with Crippen molar-refractivity contribution in [2.75, 3.05) is 22.5 Å². The zero-order valence-electron chi connectivity index (χ0n) is 12.8. The van der Waals surface area contributed by atoms with E-state index in [0.717, 1.165) is 16.6 Å². The number of benzene rings is 1. The highest BCUT2D eigenvalue weighted by molar-refractivity contribution is 7.21. The molecule has 0 saturated heterocycles. The fourth-order valence-corrected chi connectivity index (χ4v) is 3.56. The minimum atomic E-state index is -0.285. The van der Waals surface area contributed by atoms with Gasteiger partial charge in [-0.2, -0.15) is 0 Å². The summed E-state index contributed by atoms with van der Waals surface area (Å²) in [5.41, 5.74) is 21.7. The molecule has 23 heavy (non-hydrogen) atoms. The van der Waals surface area contributed by atoms with Crippen molar-refractivity contribution in [3.05, 3.63) is 40.4 Å². The predicted molar refractivity (Wildman–Crippen MR) is 96.7 cm³/mol. The molecule has 0 spiro atoms. The summed E-state index contributed by atoms with van der Waals surface area (Å²) < 4.78 is 0. The maximum Gasteiger partial charge on any atom is 0.267 e. The lowest BCUT2D eigenvalue weighted by atomic mass is 10.1. The van der Waals surface area contributed by atoms with Gasteiger partial charge >= 0.3 is 0 Å². The van der Waals surface area contributed by atoms with Crippen molar-refractivity contribution in [2.24, 2.45) is 0 Å². The van der Waals surface area contributed by atoms with Crippen molar-refractivity contribution in [3.63, 3.8) is 0 Å². The van der Waals surface area contributed by atoms with Crippen molar-refractivity contribution < 1.29 is 4.79 Å². The number of thiophene rings is 1. The number of pyridine rings is 1. The van der Waals surface area contributed by atoms with Crippen LogP contribution in [0.5, 0.6) is 0 Å². The van der Waals surface area contributed by atoms with E-state index in [-0.39, 0.29) is 5.91 Å². The van der Waals surface area contributed by atoms with Crippen LogP contribution in [0.4, 0.5) is 22.7 Å². The molecular weight excluding hydrogens is 310 g/mol. The number of aryl methyl sites for hydroxylation is 2. The Morgan fingerprint density at radius 3 is 2.61 bits per heavy atom. The monoisotopic (exact) mass is 327 g/mol. The van der Waals surface area contributed by atoms with Gasteiger partial charge in [-0.15, -0.1) is 11.3 Å². The fraction of sp³-hybridized carbons (Fsp3) is 0.125. The first kappa shape index (κ1) is 15.1. The van der Waals surface area contributed by atoms with Gasteiger partial charge in [-0.25, -0.2) is 4.98 Å². The van der Waals surface area contributed by atoms with Gasteiger partial charge in [-0.05, 0) is 37.6 Å². The highest BCUT2D eigenvalue weighted by Crippen LogP contribution is 2.37. The first-order valence-corrected chi connectivity index (χ1v) is 7.81. The number of fused-ring (bicyclic) bond motifs is 1. The second-order valence-corrected chi connectivity index (χ2v) is 6.34. The third-order valence-electron chi connectivity index (χ3n) is 3.72. The summed E-state index contributed by atoms with van der Waals surface area (Å²) in [5.74, 6) is -0.285. The highest BCUT2D eigenvalue weighted by Gasteiger charge is 2.20. The molecule has 0 saturated carbocycles. The number of nitrogen functional groups attached to an aromatic ring is 3. The number of hydrogen-bond acceptors (Lipinski definition) is 6. The van der Waals surface area contributed by atoms with E-state index < -0.39 is 0 Å². The molecular formula is C16H17N5OS. The lowest BCUT2D eigenvalue weighted by Crippen LogP contribution is -2.12. The number of nitrogens with zero attached hydrogens (tertiary/aromatic N) is 1. The number of rotatable bonds is 2. The van der Waals surface area contributed by atoms with Gasteiger partial charge in [0, 0.05) is 16.8 Å². The quantitative estimate of drug-likeness (QED) is 0.539. The van der Waals surface area contributed by atoms with Crippen LogP contribution in [0, 0.1) is 13.8 Å². The summed E-state index contributed by atoms with van der Waals surface area (Å²) in [6, 6.07) is 6.98. The maximum atomic E-state index is 12.5. The first-order chi connectivity index (χ1) is 10.9. The molecule has 0 radical (unpaired) electrons. The SMILES string of the molecule is Cc1nc2sc(C(=O)Nc3cccc(N)c3)c(N)c2c(C)c1N. The normalized spacial score (nSPS) is 10.9. The average molecular weight is 327 g/mol. The van der Waals surface area contributed by atoms with Gasteiger partial charge in [0.05, 0.1) is 17.1 Å². The molecule has 0 bridgehead atoms. The summed E-state index contributed by atoms with van der Waals surface area (Å²) in [5, 5.41) is 3.55. The maximum absolute atomic E-state index is 12.5. The van der Waals surface area contributed by atoms with Gasteiger partial charge in [0.25, 0.3) is 5.91 Å². The van der Waals surface area contributed by atoms with Crippen LogP contribution in [-0.4, -0.2) is 10.9 Å². The molecule has 0 aliphatic rings. The van der Waals surface area contributed by atoms with E-state index in [0.29, 0.717) is 32.5 Å². The summed E-state index contributed by atoms with van der Waals surface area (Å²) in [7, 11) is 0. The van der Waals surface area contributed by atoms with E-state index in [1.54, 1.807) is 24.3 Å². The Labute approximate surface area is 137 Å². The van der Waals surface area contributed by atoms with Crippen LogP contribution in [0.2, 0.25) is 0 Å². The number of carbonyl (C=O) groups is 1. The number of hydrogen-bond donors (Lipinski definition) is 4. The predicted octanol–water partition coefficient (Wildman–Crippen LogP) is 2.91. The van der Waals surface area contributed by atoms with Gasteiger partial charge in [-0.3, -0.25) is 4.79 Å². The van der Waals surface area contributed by atoms with E-state index in [2.05, 4.69) is 10.3 Å². The zero-order valence-corrected chi connectivity index (χ0v) is 13.6. The molecule has 0 aliphatic heterocycles. The first-order valence-electron chi connectivity index (χ1n) is 7.00. The number of nitrogens with two attached hydrogens (primary N) is 3. The average Bonchev–Trinajstić information content (AvgIpc) is 2.82. The molecule has 3 aromatic rings. The molecule has 1 aromatic carbocycles. The molecule has 6 nitrogen and oxygen atoms in total. The Kier molecular flexibility index (Phi) is 3.57. The Balaban J connectivity index is 2.05. The summed E-state index contributed by atoms with van der Waals surface area (Å²) in [6.45, 7) is 3.72. The third-order valence-corrected chi connectivity index (χ3v) is 4.81. The van der Waals surface area contributed by atoms with Gasteiger partial charge in [-0.1, -0.05) is 6.07 Å². The van der Waals surface area contributed by atoms with Crippen LogP contribution in [0.1, 0.15) is 20.9 Å². The topological polar surface area (TPSA) is 120 Å². The van der Waals surface area contributed by atoms with Crippen molar-refractivity contribution in [1.29, 1.82) is 0 Å². The van der Waals surface area contributed by atoms with Crippen LogP contribution in [0.15, 0.2) is 24.3 Å². The number of nitrogens with one attached hydrogen (secondary N) is 1. The molecule has 0 fully saturated rings. The van der Waals surface area contributed by atoms with Gasteiger partial charge in [0.2, 0.25) is 0 Å². The Morgan fingerprint density at radius 2 is 1.91 bits per heavy atom. The standard InChI is InChI=1S/C16H17N5OS/c1-7-11-13(19)14(23-16(11)20-8(2)12(7)18)15(22)21-10-5-3-4-9(17)6-10/h3-6H,17-19H2,1-2H3,(H,21,22). The molecule has 2 aromatic heterocycles. The molecule has 7 N–H and O–H groups in total. The highest BCUT2D eigenvalue weighted by atomic mass is 32.1. The number of amides is 1. The zero-order chi connectivity index (χ0) is 16.7. The van der Waals surface area contributed by atoms with Gasteiger partial charge in [0.15, 0.2) is 0 Å². The van der Waals surface area contributed by atoms with E-state index in [9.17, 15) is 4.79 Å². The van der Waals surface area contributed by atoms with E-state index in [1.165, 1.54) is 11.3 Å². The largest absolute Gasteiger partial charge is 0.399 e. The molecule has 0 aliphatic carbocycles. The molecule has 1 amide bonds. The Hall–Kier alpha value is -2.80. The molecule has 0 atom stereocenters. The summed E-state index contributed by atoms with van der Waals surface area (Å²) >= 11 is 1.26. The van der Waals surface area contributed by atoms with Crippen LogP contribution >= 0.6 is 11.3 Å². The Morgan fingerprint density at radius 1 is 1.17 bits per heavy atom. The molecule has 3 rings (SSSR count). The molecule has 7 heteroatoms. The van der Waals surface area contributed by atoms with Crippen LogP contribution < -0.4 is 22.5 Å². The summed E-state index contributed by atoms with van der Waals surface area (Å²) in [6.07, 6.45) is 0. The lowest BCUT2D eigenvalue weighted by Gasteiger charge is -2.06. The van der Waals surface area contributed by atoms with Crippen molar-refractivity contribution >= 4 is 50.2 Å². The van der Waals surface area contributed by atoms with Crippen molar-refractivity contribution in [3.8, 4) is 0 Å². The summed E-state index contributed by atoms with van der Waals surface area (Å²) in [4.78, 5) is 18.1. The minimum Gasteiger partial charge on any atom is -0.399 e. The second-order valence-electron chi connectivity index (χ2n) is 5.34. The van der Waals surface area contributed by atoms with E-state index in [1.807, 2.05) is 13.8 Å². The second kappa shape index (κ2) is 5.44. The van der Waals surface area contributed by atoms with Crippen LogP contribution in [0.3, 0.4) is 0 Å². The van der Waals surface area contributed by atoms with Crippen LogP contribution in [-0.2, 0) is 0 Å². The van der Waals surface area contributed by atoms with Gasteiger partial charge < -0.3 is 22.5 Å². The molecule has 2 heterocycles.